The molecule has 0 aliphatic heterocycles. The van der Waals surface area contributed by atoms with E-state index in [2.05, 4.69) is 0 Å². The van der Waals surface area contributed by atoms with E-state index in [-0.39, 0.29) is 11.1 Å². The van der Waals surface area contributed by atoms with E-state index in [1.807, 2.05) is 0 Å². The van der Waals surface area contributed by atoms with Gasteiger partial charge in [0.05, 0.1) is 21.5 Å². The molecule has 0 bridgehead atoms. The van der Waals surface area contributed by atoms with Crippen LogP contribution in [0.25, 0.3) is 11.1 Å². The summed E-state index contributed by atoms with van der Waals surface area (Å²) in [7, 11) is 0. The van der Waals surface area contributed by atoms with Crippen LogP contribution < -0.4 is 0 Å². The maximum absolute atomic E-state index is 13.2. The van der Waals surface area contributed by atoms with Crippen LogP contribution in [0.3, 0.4) is 0 Å². The van der Waals surface area contributed by atoms with Crippen LogP contribution in [0.1, 0.15) is 0 Å². The number of benzene rings is 2. The highest BCUT2D eigenvalue weighted by molar-refractivity contribution is 5.75. The Morgan fingerprint density at radius 1 is 0.857 bits per heavy atom. The zero-order chi connectivity index (χ0) is 15.7. The summed E-state index contributed by atoms with van der Waals surface area (Å²) in [5.74, 6) is -4.74. The number of halogens is 3. The summed E-state index contributed by atoms with van der Waals surface area (Å²) in [5.41, 5.74) is -1.82. The normalized spacial score (nSPS) is 10.4. The lowest BCUT2D eigenvalue weighted by atomic mass is 10.0. The second-order valence-electron chi connectivity index (χ2n) is 3.97. The molecular weight excluding hydrogens is 293 g/mol. The van der Waals surface area contributed by atoms with Gasteiger partial charge in [-0.05, 0) is 23.8 Å². The molecule has 0 fully saturated rings. The van der Waals surface area contributed by atoms with Gasteiger partial charge in [-0.25, -0.2) is 13.2 Å². The predicted octanol–water partition coefficient (Wildman–Crippen LogP) is 3.59. The third-order valence-electron chi connectivity index (χ3n) is 2.68. The van der Waals surface area contributed by atoms with Gasteiger partial charge >= 0.3 is 0 Å². The molecule has 2 aromatic rings. The minimum Gasteiger partial charge on any atom is -0.258 e. The number of nitro groups is 2. The van der Waals surface area contributed by atoms with E-state index < -0.39 is 38.7 Å². The average molecular weight is 298 g/mol. The summed E-state index contributed by atoms with van der Waals surface area (Å²) in [5, 5.41) is 21.5. The van der Waals surface area contributed by atoms with Gasteiger partial charge in [-0.2, -0.15) is 0 Å². The molecule has 0 spiro atoms. The van der Waals surface area contributed by atoms with Crippen molar-refractivity contribution in [3.63, 3.8) is 0 Å². The summed E-state index contributed by atoms with van der Waals surface area (Å²) < 4.78 is 39.2. The summed E-state index contributed by atoms with van der Waals surface area (Å²) in [6.07, 6.45) is 0. The van der Waals surface area contributed by atoms with E-state index in [4.69, 9.17) is 0 Å². The monoisotopic (exact) mass is 298 g/mol. The van der Waals surface area contributed by atoms with Crippen molar-refractivity contribution in [3.05, 3.63) is 68.0 Å². The van der Waals surface area contributed by atoms with Crippen molar-refractivity contribution in [2.24, 2.45) is 0 Å². The third kappa shape index (κ3) is 2.66. The molecule has 0 saturated carbocycles. The van der Waals surface area contributed by atoms with E-state index in [1.54, 1.807) is 0 Å². The molecule has 0 N–H and O–H groups in total. The fourth-order valence-electron chi connectivity index (χ4n) is 1.74. The summed E-state index contributed by atoms with van der Waals surface area (Å²) in [4.78, 5) is 19.7. The van der Waals surface area contributed by atoms with Crippen molar-refractivity contribution in [2.45, 2.75) is 0 Å². The van der Waals surface area contributed by atoms with Crippen LogP contribution in [-0.2, 0) is 0 Å². The Hall–Kier alpha value is -2.97. The zero-order valence-electron chi connectivity index (χ0n) is 10.0. The van der Waals surface area contributed by atoms with Crippen LogP contribution in [0.15, 0.2) is 30.3 Å². The highest BCUT2D eigenvalue weighted by Gasteiger charge is 2.22. The lowest BCUT2D eigenvalue weighted by Crippen LogP contribution is -1.97. The molecule has 2 aromatic carbocycles. The van der Waals surface area contributed by atoms with E-state index in [9.17, 15) is 33.4 Å². The van der Waals surface area contributed by atoms with E-state index >= 15 is 0 Å². The number of hydrogen-bond donors (Lipinski definition) is 0. The fraction of sp³-hybridized carbons (Fsp3) is 0. The van der Waals surface area contributed by atoms with E-state index in [0.717, 1.165) is 12.1 Å². The van der Waals surface area contributed by atoms with Gasteiger partial charge in [0, 0.05) is 6.07 Å². The van der Waals surface area contributed by atoms with Gasteiger partial charge in [-0.3, -0.25) is 20.2 Å². The quantitative estimate of drug-likeness (QED) is 0.492. The molecule has 21 heavy (non-hydrogen) atoms. The Kier molecular flexibility index (Phi) is 3.57. The first kappa shape index (κ1) is 14.4. The number of nitro benzene ring substituents is 2. The van der Waals surface area contributed by atoms with Crippen LogP contribution in [0.5, 0.6) is 0 Å². The number of rotatable bonds is 3. The predicted molar refractivity (Wildman–Crippen MR) is 65.1 cm³/mol. The van der Waals surface area contributed by atoms with Crippen molar-refractivity contribution in [1.82, 2.24) is 0 Å². The van der Waals surface area contributed by atoms with Crippen molar-refractivity contribution in [3.8, 4) is 11.1 Å². The summed E-state index contributed by atoms with van der Waals surface area (Å²) >= 11 is 0. The van der Waals surface area contributed by atoms with Crippen molar-refractivity contribution < 1.29 is 23.0 Å². The molecule has 0 aliphatic rings. The molecular formula is C12H5F3N2O4. The van der Waals surface area contributed by atoms with Crippen LogP contribution in [-0.4, -0.2) is 9.85 Å². The maximum Gasteiger partial charge on any atom is 0.284 e. The van der Waals surface area contributed by atoms with Gasteiger partial charge in [0.2, 0.25) is 0 Å². The lowest BCUT2D eigenvalue weighted by molar-refractivity contribution is -0.393. The molecule has 9 heteroatoms. The summed E-state index contributed by atoms with van der Waals surface area (Å²) in [6.45, 7) is 0. The number of nitrogens with zero attached hydrogens (tertiary/aromatic N) is 2. The van der Waals surface area contributed by atoms with E-state index in [1.165, 1.54) is 0 Å². The molecule has 2 rings (SSSR count). The summed E-state index contributed by atoms with van der Waals surface area (Å²) in [6, 6.07) is 3.73. The molecule has 0 amide bonds. The van der Waals surface area contributed by atoms with Crippen molar-refractivity contribution in [1.29, 1.82) is 0 Å². The second kappa shape index (κ2) is 5.19. The largest absolute Gasteiger partial charge is 0.284 e. The fourth-order valence-corrected chi connectivity index (χ4v) is 1.74. The standard InChI is InChI=1S/C12H5F3N2O4/c13-9-3-6(4-10(14)12(9)15)8-2-1-7(16(18)19)5-11(8)17(20)21/h1-5H. The maximum atomic E-state index is 13.2. The Morgan fingerprint density at radius 3 is 1.90 bits per heavy atom. The highest BCUT2D eigenvalue weighted by atomic mass is 19.2. The topological polar surface area (TPSA) is 86.3 Å². The minimum atomic E-state index is -1.71. The minimum absolute atomic E-state index is 0.261. The number of non-ortho nitro benzene ring substituents is 1. The zero-order valence-corrected chi connectivity index (χ0v) is 10.0. The average Bonchev–Trinajstić information content (AvgIpc) is 2.43. The number of hydrogen-bond acceptors (Lipinski definition) is 4. The van der Waals surface area contributed by atoms with Gasteiger partial charge in [0.15, 0.2) is 17.5 Å². The first-order valence-corrected chi connectivity index (χ1v) is 5.39. The third-order valence-corrected chi connectivity index (χ3v) is 2.68. The van der Waals surface area contributed by atoms with Gasteiger partial charge in [0.1, 0.15) is 0 Å². The highest BCUT2D eigenvalue weighted by Crippen LogP contribution is 2.34. The van der Waals surface area contributed by atoms with Gasteiger partial charge < -0.3 is 0 Å². The Morgan fingerprint density at radius 2 is 1.43 bits per heavy atom. The Balaban J connectivity index is 2.69. The van der Waals surface area contributed by atoms with Crippen molar-refractivity contribution >= 4 is 11.4 Å². The molecule has 6 nitrogen and oxygen atoms in total. The Labute approximate surface area is 114 Å². The molecule has 0 saturated heterocycles. The van der Waals surface area contributed by atoms with E-state index in [0.29, 0.717) is 18.2 Å². The van der Waals surface area contributed by atoms with Crippen LogP contribution in [0.4, 0.5) is 24.5 Å². The second-order valence-corrected chi connectivity index (χ2v) is 3.97. The van der Waals surface area contributed by atoms with Crippen LogP contribution in [0, 0.1) is 37.7 Å². The molecule has 0 radical (unpaired) electrons. The first-order chi connectivity index (χ1) is 9.81. The molecule has 0 unspecified atom stereocenters. The molecule has 0 aromatic heterocycles. The van der Waals surface area contributed by atoms with Gasteiger partial charge in [0.25, 0.3) is 11.4 Å². The first-order valence-electron chi connectivity index (χ1n) is 5.39. The molecule has 0 heterocycles. The lowest BCUT2D eigenvalue weighted by Gasteiger charge is -2.05. The van der Waals surface area contributed by atoms with Crippen molar-refractivity contribution in [2.75, 3.05) is 0 Å². The molecule has 108 valence electrons. The van der Waals surface area contributed by atoms with Crippen LogP contribution >= 0.6 is 0 Å². The van der Waals surface area contributed by atoms with Gasteiger partial charge in [-0.1, -0.05) is 0 Å². The van der Waals surface area contributed by atoms with Gasteiger partial charge in [-0.15, -0.1) is 0 Å². The molecule has 0 atom stereocenters. The Bertz CT molecular complexity index is 741. The smallest absolute Gasteiger partial charge is 0.258 e. The van der Waals surface area contributed by atoms with Crippen LogP contribution in [0.2, 0.25) is 0 Å². The molecule has 0 aliphatic carbocycles. The SMILES string of the molecule is O=[N+]([O-])c1ccc(-c2cc(F)c(F)c(F)c2)c([N+](=O)[O-])c1.